The number of likely N-dealkylation sites (N-methyl/N-ethyl adjacent to an activating group) is 1. The molecule has 0 saturated carbocycles. The van der Waals surface area contributed by atoms with E-state index in [1.165, 1.54) is 0 Å². The molecule has 0 aromatic rings. The van der Waals surface area contributed by atoms with Crippen molar-refractivity contribution in [3.8, 4) is 0 Å². The first-order valence-corrected chi connectivity index (χ1v) is 15.5. The molecule has 0 bridgehead atoms. The van der Waals surface area contributed by atoms with Gasteiger partial charge in [-0.3, -0.25) is 14.4 Å². The highest BCUT2D eigenvalue weighted by molar-refractivity contribution is 5.80. The van der Waals surface area contributed by atoms with Gasteiger partial charge in [0.25, 0.3) is 0 Å². The summed E-state index contributed by atoms with van der Waals surface area (Å²) in [5.74, 6) is 0.282. The van der Waals surface area contributed by atoms with Gasteiger partial charge in [0.2, 0.25) is 17.7 Å². The summed E-state index contributed by atoms with van der Waals surface area (Å²) < 4.78 is 11.8. The second kappa shape index (κ2) is 17.5. The van der Waals surface area contributed by atoms with Gasteiger partial charge in [0.05, 0.1) is 36.6 Å². The van der Waals surface area contributed by atoms with Crippen LogP contribution >= 0.6 is 0 Å². The lowest BCUT2D eigenvalue weighted by atomic mass is 9.90. The number of rotatable bonds is 16. The van der Waals surface area contributed by atoms with Crippen LogP contribution in [0.4, 0.5) is 0 Å². The maximum Gasteiger partial charge on any atom is 0.225 e. The second-order valence-corrected chi connectivity index (χ2v) is 12.1. The molecule has 1 aliphatic carbocycles. The normalized spacial score (nSPS) is 20.9. The molecule has 8 heteroatoms. The summed E-state index contributed by atoms with van der Waals surface area (Å²) in [5.41, 5.74) is 0. The molecule has 8 nitrogen and oxygen atoms in total. The Morgan fingerprint density at radius 3 is 2.22 bits per heavy atom. The van der Waals surface area contributed by atoms with Crippen molar-refractivity contribution in [2.24, 2.45) is 23.7 Å². The number of nitrogens with zero attached hydrogens (tertiary/aromatic N) is 2. The molecule has 2 aliphatic rings. The summed E-state index contributed by atoms with van der Waals surface area (Å²) in [6.45, 7) is 11.4. The molecule has 1 fully saturated rings. The van der Waals surface area contributed by atoms with Crippen LogP contribution < -0.4 is 5.32 Å². The first-order valence-electron chi connectivity index (χ1n) is 15.5. The van der Waals surface area contributed by atoms with Gasteiger partial charge in [0, 0.05) is 40.8 Å². The number of methoxy groups -OCH3 is 2. The number of ether oxygens (including phenoxy) is 2. The number of likely N-dealkylation sites (tertiary alicyclic amines) is 1. The van der Waals surface area contributed by atoms with Gasteiger partial charge in [-0.2, -0.15) is 0 Å². The zero-order chi connectivity index (χ0) is 30.5. The molecular weight excluding hydrogens is 518 g/mol. The van der Waals surface area contributed by atoms with Crippen molar-refractivity contribution in [1.29, 1.82) is 0 Å². The monoisotopic (exact) mass is 573 g/mol. The van der Waals surface area contributed by atoms with Crippen molar-refractivity contribution >= 4 is 17.7 Å². The predicted octanol–water partition coefficient (Wildman–Crippen LogP) is 4.76. The van der Waals surface area contributed by atoms with Gasteiger partial charge in [-0.15, -0.1) is 0 Å². The molecule has 1 heterocycles. The largest absolute Gasteiger partial charge is 0.379 e. The Kier molecular flexibility index (Phi) is 14.8. The molecule has 1 aliphatic heterocycles. The van der Waals surface area contributed by atoms with Crippen molar-refractivity contribution in [2.75, 3.05) is 34.4 Å². The van der Waals surface area contributed by atoms with E-state index in [-0.39, 0.29) is 54.0 Å². The molecule has 0 spiro atoms. The maximum atomic E-state index is 13.8. The third-order valence-corrected chi connectivity index (χ3v) is 8.71. The van der Waals surface area contributed by atoms with Crippen molar-refractivity contribution in [2.45, 2.75) is 97.4 Å². The fourth-order valence-corrected chi connectivity index (χ4v) is 6.14. The molecule has 0 aromatic heterocycles. The van der Waals surface area contributed by atoms with Crippen LogP contribution in [-0.2, 0) is 23.9 Å². The van der Waals surface area contributed by atoms with E-state index in [4.69, 9.17) is 9.47 Å². The molecule has 2 unspecified atom stereocenters. The van der Waals surface area contributed by atoms with E-state index in [1.807, 2.05) is 57.0 Å². The van der Waals surface area contributed by atoms with E-state index in [0.29, 0.717) is 19.5 Å². The van der Waals surface area contributed by atoms with Gasteiger partial charge >= 0.3 is 0 Å². The smallest absolute Gasteiger partial charge is 0.225 e. The van der Waals surface area contributed by atoms with E-state index in [0.717, 1.165) is 25.7 Å². The standard InChI is InChI=1S/C33H55N3O5/c1-9-24(4)31(35(6)29(37)21-23(2)3)28(40-7)22-30(38)36-20-14-17-27(36)32(41-8)25(5)33(39)34-19-18-26-15-12-10-11-13-16-26/h10-13,15-16,23-28,31-32H,9,14,17-22H2,1-8H3,(H,34,39)/t24-,25+,27?,28+,31-,32?/m0/s1. The predicted molar refractivity (Wildman–Crippen MR) is 164 cm³/mol. The molecule has 2 rings (SSSR count). The summed E-state index contributed by atoms with van der Waals surface area (Å²) in [6, 6.07) is -0.398. The van der Waals surface area contributed by atoms with Gasteiger partial charge < -0.3 is 24.6 Å². The molecule has 1 N–H and O–H groups in total. The lowest BCUT2D eigenvalue weighted by molar-refractivity contribution is -0.146. The summed E-state index contributed by atoms with van der Waals surface area (Å²) >= 11 is 0. The first kappa shape index (κ1) is 34.7. The van der Waals surface area contributed by atoms with E-state index >= 15 is 0 Å². The molecule has 3 amide bonds. The number of carbonyl (C=O) groups is 3. The summed E-state index contributed by atoms with van der Waals surface area (Å²) in [5, 5.41) is 3.08. The van der Waals surface area contributed by atoms with Crippen LogP contribution in [0.3, 0.4) is 0 Å². The van der Waals surface area contributed by atoms with Crippen LogP contribution in [0.2, 0.25) is 0 Å². The van der Waals surface area contributed by atoms with Crippen LogP contribution in [0.5, 0.6) is 0 Å². The fourth-order valence-electron chi connectivity index (χ4n) is 6.14. The van der Waals surface area contributed by atoms with Crippen molar-refractivity contribution in [3.05, 3.63) is 36.5 Å². The average molecular weight is 574 g/mol. The zero-order valence-corrected chi connectivity index (χ0v) is 26.7. The van der Waals surface area contributed by atoms with Crippen molar-refractivity contribution in [3.63, 3.8) is 0 Å². The summed E-state index contributed by atoms with van der Waals surface area (Å²) in [4.78, 5) is 43.5. The molecule has 41 heavy (non-hydrogen) atoms. The topological polar surface area (TPSA) is 88.2 Å². The van der Waals surface area contributed by atoms with Crippen LogP contribution in [0.1, 0.15) is 73.1 Å². The van der Waals surface area contributed by atoms with Gasteiger partial charge in [-0.1, -0.05) is 77.5 Å². The molecule has 0 radical (unpaired) electrons. The summed E-state index contributed by atoms with van der Waals surface area (Å²) in [7, 11) is 5.07. The maximum absolute atomic E-state index is 13.8. The number of carbonyl (C=O) groups excluding carboxylic acids is 3. The van der Waals surface area contributed by atoms with Crippen LogP contribution in [0, 0.1) is 23.7 Å². The molecule has 1 saturated heterocycles. The third-order valence-electron chi connectivity index (χ3n) is 8.71. The zero-order valence-electron chi connectivity index (χ0n) is 26.7. The van der Waals surface area contributed by atoms with Gasteiger partial charge in [0.15, 0.2) is 0 Å². The Morgan fingerprint density at radius 1 is 1.00 bits per heavy atom. The Balaban J connectivity index is 2.07. The minimum absolute atomic E-state index is 0.0208. The van der Waals surface area contributed by atoms with E-state index in [9.17, 15) is 14.4 Å². The van der Waals surface area contributed by atoms with Gasteiger partial charge in [-0.25, -0.2) is 0 Å². The number of allylic oxidation sites excluding steroid dienone is 6. The van der Waals surface area contributed by atoms with Crippen LogP contribution in [-0.4, -0.2) is 86.2 Å². The van der Waals surface area contributed by atoms with E-state index in [1.54, 1.807) is 19.1 Å². The van der Waals surface area contributed by atoms with Gasteiger partial charge in [0.1, 0.15) is 0 Å². The quantitative estimate of drug-likeness (QED) is 0.288. The Labute approximate surface area is 248 Å². The fraction of sp³-hybridized carbons (Fsp3) is 0.727. The minimum atomic E-state index is -0.427. The highest BCUT2D eigenvalue weighted by Gasteiger charge is 2.41. The average Bonchev–Trinajstić information content (AvgIpc) is 3.28. The van der Waals surface area contributed by atoms with E-state index in [2.05, 4.69) is 31.3 Å². The Morgan fingerprint density at radius 2 is 1.66 bits per heavy atom. The van der Waals surface area contributed by atoms with Crippen LogP contribution in [0.25, 0.3) is 0 Å². The minimum Gasteiger partial charge on any atom is -0.379 e. The highest BCUT2D eigenvalue weighted by atomic mass is 16.5. The van der Waals surface area contributed by atoms with Crippen molar-refractivity contribution < 1.29 is 23.9 Å². The Bertz CT molecular complexity index is 914. The van der Waals surface area contributed by atoms with Crippen molar-refractivity contribution in [1.82, 2.24) is 15.1 Å². The second-order valence-electron chi connectivity index (χ2n) is 12.1. The first-order chi connectivity index (χ1) is 19.5. The van der Waals surface area contributed by atoms with E-state index < -0.39 is 18.1 Å². The number of nitrogens with one attached hydrogen (secondary N) is 1. The molecule has 232 valence electrons. The highest BCUT2D eigenvalue weighted by Crippen LogP contribution is 2.29. The lowest BCUT2D eigenvalue weighted by Crippen LogP contribution is -2.53. The number of hydrogen-bond donors (Lipinski definition) is 1. The lowest BCUT2D eigenvalue weighted by Gasteiger charge is -2.39. The SMILES string of the molecule is CC[C@H](C)[C@@H]([C@@H](CC(=O)N1CCCC1C(OC)[C@@H](C)C(=O)NCCC1C=CC=CC=C1)OC)N(C)C(=O)CC(C)C. The van der Waals surface area contributed by atoms with Crippen LogP contribution in [0.15, 0.2) is 36.5 Å². The molecule has 0 aromatic carbocycles. The molecular formula is C33H55N3O5. The third kappa shape index (κ3) is 10.1. The summed E-state index contributed by atoms with van der Waals surface area (Å²) in [6.07, 6.45) is 15.5. The Hall–Kier alpha value is -2.45. The molecule has 6 atom stereocenters. The van der Waals surface area contributed by atoms with Gasteiger partial charge in [-0.05, 0) is 37.0 Å². The number of amides is 3. The number of hydrogen-bond acceptors (Lipinski definition) is 5.